The number of benzene rings is 6. The van der Waals surface area contributed by atoms with Crippen molar-refractivity contribution in [2.45, 2.75) is 13.3 Å². The molecule has 0 N–H and O–H groups in total. The Hall–Kier alpha value is -5.86. The second-order valence-electron chi connectivity index (χ2n) is 11.6. The van der Waals surface area contributed by atoms with Crippen molar-refractivity contribution in [2.75, 3.05) is 9.80 Å². The van der Waals surface area contributed by atoms with Crippen molar-refractivity contribution in [3.8, 4) is 11.1 Å². The number of hydrogen-bond donors (Lipinski definition) is 0. The standard InChI is InChI=1S/C44H36N2/c1-33-31-42(45(38-19-9-4-10-20-38)41-25-15-18-36(32-41)35-16-7-3-8-17-35)27-28-43(33)37-26-29-44(34(2)30-37)46(39-21-11-5-12-22-39)40-23-13-6-14-24-40/h3-29,31-32H,2,30H2,1H3. The van der Waals surface area contributed by atoms with Gasteiger partial charge >= 0.3 is 0 Å². The zero-order chi connectivity index (χ0) is 31.3. The number of aryl methyl sites for hydroxylation is 1. The molecule has 0 aromatic heterocycles. The van der Waals surface area contributed by atoms with Crippen LogP contribution in [0, 0.1) is 6.92 Å². The molecule has 7 rings (SSSR count). The van der Waals surface area contributed by atoms with E-state index < -0.39 is 0 Å². The third-order valence-electron chi connectivity index (χ3n) is 8.52. The van der Waals surface area contributed by atoms with E-state index in [0.717, 1.165) is 46.1 Å². The van der Waals surface area contributed by atoms with E-state index in [-0.39, 0.29) is 0 Å². The quantitative estimate of drug-likeness (QED) is 0.173. The first-order chi connectivity index (χ1) is 22.7. The number of nitrogens with zero attached hydrogens (tertiary/aromatic N) is 2. The van der Waals surface area contributed by atoms with E-state index in [1.807, 2.05) is 0 Å². The van der Waals surface area contributed by atoms with Crippen molar-refractivity contribution in [3.63, 3.8) is 0 Å². The van der Waals surface area contributed by atoms with Crippen LogP contribution < -0.4 is 9.80 Å². The molecule has 0 saturated heterocycles. The molecule has 0 aliphatic heterocycles. The highest BCUT2D eigenvalue weighted by Gasteiger charge is 2.22. The van der Waals surface area contributed by atoms with Gasteiger partial charge in [-0.25, -0.2) is 0 Å². The summed E-state index contributed by atoms with van der Waals surface area (Å²) in [6.45, 7) is 6.79. The molecule has 2 nitrogen and oxygen atoms in total. The summed E-state index contributed by atoms with van der Waals surface area (Å²) in [4.78, 5) is 4.64. The molecule has 0 atom stereocenters. The van der Waals surface area contributed by atoms with E-state index in [2.05, 4.69) is 199 Å². The van der Waals surface area contributed by atoms with Crippen LogP contribution in [0.2, 0.25) is 0 Å². The van der Waals surface area contributed by atoms with Gasteiger partial charge in [-0.15, -0.1) is 0 Å². The highest BCUT2D eigenvalue weighted by Crippen LogP contribution is 2.41. The molecule has 0 unspecified atom stereocenters. The fraction of sp³-hybridized carbons (Fsp3) is 0.0455. The van der Waals surface area contributed by atoms with Crippen LogP contribution in [0.3, 0.4) is 0 Å². The molecule has 2 heteroatoms. The van der Waals surface area contributed by atoms with E-state index in [1.54, 1.807) is 0 Å². The van der Waals surface area contributed by atoms with Gasteiger partial charge in [-0.1, -0.05) is 116 Å². The first-order valence-electron chi connectivity index (χ1n) is 15.8. The van der Waals surface area contributed by atoms with Crippen LogP contribution in [0.4, 0.5) is 28.4 Å². The molecule has 6 aromatic rings. The molecule has 222 valence electrons. The fourth-order valence-corrected chi connectivity index (χ4v) is 6.30. The van der Waals surface area contributed by atoms with Gasteiger partial charge in [0.15, 0.2) is 0 Å². The van der Waals surface area contributed by atoms with Gasteiger partial charge in [0.1, 0.15) is 0 Å². The van der Waals surface area contributed by atoms with Crippen molar-refractivity contribution in [1.82, 2.24) is 0 Å². The summed E-state index contributed by atoms with van der Waals surface area (Å²) in [5.41, 5.74) is 14.0. The monoisotopic (exact) mass is 592 g/mol. The predicted octanol–water partition coefficient (Wildman–Crippen LogP) is 12.2. The Bertz CT molecular complexity index is 1990. The highest BCUT2D eigenvalue weighted by atomic mass is 15.2. The average Bonchev–Trinajstić information content (AvgIpc) is 3.11. The van der Waals surface area contributed by atoms with Crippen LogP contribution in [0.25, 0.3) is 16.7 Å². The third-order valence-corrected chi connectivity index (χ3v) is 8.52. The molecule has 0 saturated carbocycles. The molecule has 0 heterocycles. The Labute approximate surface area is 272 Å². The molecule has 1 aliphatic rings. The van der Waals surface area contributed by atoms with Crippen molar-refractivity contribution in [2.24, 2.45) is 0 Å². The van der Waals surface area contributed by atoms with Crippen molar-refractivity contribution >= 4 is 34.0 Å². The second kappa shape index (κ2) is 13.0. The molecule has 0 spiro atoms. The van der Waals surface area contributed by atoms with Gasteiger partial charge in [0.05, 0.1) is 0 Å². The second-order valence-corrected chi connectivity index (χ2v) is 11.6. The van der Waals surface area contributed by atoms with Gasteiger partial charge in [0.2, 0.25) is 0 Å². The molecule has 1 aliphatic carbocycles. The smallest absolute Gasteiger partial charge is 0.0491 e. The van der Waals surface area contributed by atoms with E-state index in [1.165, 1.54) is 27.8 Å². The summed E-state index contributed by atoms with van der Waals surface area (Å²) in [7, 11) is 0. The van der Waals surface area contributed by atoms with Gasteiger partial charge in [-0.2, -0.15) is 0 Å². The molecule has 0 amide bonds. The number of anilines is 5. The first-order valence-corrected chi connectivity index (χ1v) is 15.8. The van der Waals surface area contributed by atoms with Gasteiger partial charge in [-0.3, -0.25) is 0 Å². The molecule has 0 fully saturated rings. The van der Waals surface area contributed by atoms with Gasteiger partial charge in [0, 0.05) is 34.1 Å². The minimum absolute atomic E-state index is 0.781. The Kier molecular flexibility index (Phi) is 8.17. The Morgan fingerprint density at radius 3 is 1.52 bits per heavy atom. The fourth-order valence-electron chi connectivity index (χ4n) is 6.30. The number of hydrogen-bond acceptors (Lipinski definition) is 2. The summed E-state index contributed by atoms with van der Waals surface area (Å²) >= 11 is 0. The maximum absolute atomic E-state index is 4.57. The maximum Gasteiger partial charge on any atom is 0.0491 e. The van der Waals surface area contributed by atoms with E-state index in [0.29, 0.717) is 0 Å². The maximum atomic E-state index is 4.57. The average molecular weight is 593 g/mol. The van der Waals surface area contributed by atoms with E-state index >= 15 is 0 Å². The largest absolute Gasteiger partial charge is 0.310 e. The van der Waals surface area contributed by atoms with Crippen LogP contribution >= 0.6 is 0 Å². The summed E-state index contributed by atoms with van der Waals surface area (Å²) in [5, 5.41) is 0. The van der Waals surface area contributed by atoms with Gasteiger partial charge < -0.3 is 9.80 Å². The normalized spacial score (nSPS) is 12.7. The molecular formula is C44H36N2. The Morgan fingerprint density at radius 2 is 0.957 bits per heavy atom. The van der Waals surface area contributed by atoms with Gasteiger partial charge in [-0.05, 0) is 113 Å². The molecular weight excluding hydrogens is 556 g/mol. The zero-order valence-electron chi connectivity index (χ0n) is 26.1. The minimum Gasteiger partial charge on any atom is -0.310 e. The summed E-state index contributed by atoms with van der Waals surface area (Å²) in [6, 6.07) is 57.8. The summed E-state index contributed by atoms with van der Waals surface area (Å²) in [5.74, 6) is 0. The van der Waals surface area contributed by atoms with Crippen LogP contribution in [-0.2, 0) is 0 Å². The lowest BCUT2D eigenvalue weighted by molar-refractivity contribution is 1.10. The topological polar surface area (TPSA) is 6.48 Å². The van der Waals surface area contributed by atoms with Crippen LogP contribution in [-0.4, -0.2) is 0 Å². The lowest BCUT2D eigenvalue weighted by Gasteiger charge is -2.31. The Balaban J connectivity index is 1.25. The number of rotatable bonds is 8. The van der Waals surface area contributed by atoms with Crippen molar-refractivity contribution < 1.29 is 0 Å². The molecule has 46 heavy (non-hydrogen) atoms. The molecule has 0 bridgehead atoms. The lowest BCUT2D eigenvalue weighted by Crippen LogP contribution is -2.19. The van der Waals surface area contributed by atoms with E-state index in [9.17, 15) is 0 Å². The zero-order valence-corrected chi connectivity index (χ0v) is 26.1. The van der Waals surface area contributed by atoms with Crippen molar-refractivity contribution in [1.29, 1.82) is 0 Å². The van der Waals surface area contributed by atoms with Crippen LogP contribution in [0.5, 0.6) is 0 Å². The highest BCUT2D eigenvalue weighted by molar-refractivity contribution is 5.83. The van der Waals surface area contributed by atoms with Crippen LogP contribution in [0.1, 0.15) is 17.5 Å². The Morgan fingerprint density at radius 1 is 0.457 bits per heavy atom. The van der Waals surface area contributed by atoms with Crippen LogP contribution in [0.15, 0.2) is 194 Å². The molecule has 6 aromatic carbocycles. The summed E-state index contributed by atoms with van der Waals surface area (Å²) < 4.78 is 0. The minimum atomic E-state index is 0.781. The predicted molar refractivity (Wildman–Crippen MR) is 196 cm³/mol. The van der Waals surface area contributed by atoms with Crippen molar-refractivity contribution in [3.05, 3.63) is 205 Å². The number of allylic oxidation sites excluding steroid dienone is 4. The first kappa shape index (κ1) is 28.9. The summed E-state index contributed by atoms with van der Waals surface area (Å²) in [6.07, 6.45) is 5.27. The lowest BCUT2D eigenvalue weighted by atomic mass is 9.89. The third kappa shape index (κ3) is 5.94. The van der Waals surface area contributed by atoms with E-state index in [4.69, 9.17) is 0 Å². The SMILES string of the molecule is C=C1CC(c2ccc(N(c3ccccc3)c3cccc(-c4ccccc4)c3)cc2C)=CC=C1N(c1ccccc1)c1ccccc1. The number of para-hydroxylation sites is 3. The van der Waals surface area contributed by atoms with Gasteiger partial charge in [0.25, 0.3) is 0 Å². The molecule has 0 radical (unpaired) electrons.